The third-order valence-electron chi connectivity index (χ3n) is 6.86. The number of nitrogens with one attached hydrogen (secondary N) is 1. The van der Waals surface area contributed by atoms with Crippen LogP contribution in [0, 0.1) is 0 Å². The SMILES string of the molecule is O=C(N[C@H]1CCOc2ccccc21)c1cnc2ccc(-c3cc(Cl)cc(Cl)c3)cc2c1C1=CCOCC1. The minimum Gasteiger partial charge on any atom is -0.493 e. The fraction of sp³-hybridized carbons (Fsp3) is 0.200. The van der Waals surface area contributed by atoms with Crippen LogP contribution in [0.2, 0.25) is 10.0 Å². The third kappa shape index (κ3) is 4.82. The molecule has 0 spiro atoms. The van der Waals surface area contributed by atoms with E-state index >= 15 is 0 Å². The van der Waals surface area contributed by atoms with Gasteiger partial charge in [0, 0.05) is 39.2 Å². The Morgan fingerprint density at radius 1 is 0.973 bits per heavy atom. The van der Waals surface area contributed by atoms with Crippen molar-refractivity contribution in [3.8, 4) is 16.9 Å². The summed E-state index contributed by atoms with van der Waals surface area (Å²) in [6.07, 6.45) is 5.16. The number of hydrogen-bond donors (Lipinski definition) is 1. The van der Waals surface area contributed by atoms with Crippen LogP contribution in [0.3, 0.4) is 0 Å². The summed E-state index contributed by atoms with van der Waals surface area (Å²) in [6.45, 7) is 1.67. The molecule has 0 saturated carbocycles. The predicted molar refractivity (Wildman–Crippen MR) is 147 cm³/mol. The molecule has 1 amide bonds. The number of rotatable bonds is 4. The molecule has 3 heterocycles. The van der Waals surface area contributed by atoms with Gasteiger partial charge in [-0.25, -0.2) is 0 Å². The average Bonchev–Trinajstić information content (AvgIpc) is 2.92. The standard InChI is InChI=1S/C30H24Cl2N2O3/c31-21-13-20(14-22(32)16-21)19-5-6-26-24(15-19)29(18-7-10-36-11-8-18)25(17-33-26)30(35)34-27-9-12-37-28-4-2-1-3-23(27)28/h1-7,13-17,27H,8-12H2,(H,34,35)/t27-/m0/s1. The maximum absolute atomic E-state index is 13.8. The van der Waals surface area contributed by atoms with Crippen molar-refractivity contribution in [2.45, 2.75) is 18.9 Å². The van der Waals surface area contributed by atoms with Gasteiger partial charge in [-0.3, -0.25) is 9.78 Å². The first-order valence-corrected chi connectivity index (χ1v) is 13.0. The summed E-state index contributed by atoms with van der Waals surface area (Å²) in [5.41, 5.74) is 6.17. The molecule has 186 valence electrons. The first-order valence-electron chi connectivity index (χ1n) is 12.3. The zero-order valence-corrected chi connectivity index (χ0v) is 21.5. The predicted octanol–water partition coefficient (Wildman–Crippen LogP) is 7.27. The van der Waals surface area contributed by atoms with Gasteiger partial charge in [-0.2, -0.15) is 0 Å². The molecular formula is C30H24Cl2N2O3. The van der Waals surface area contributed by atoms with E-state index in [0.717, 1.165) is 44.5 Å². The second-order valence-electron chi connectivity index (χ2n) is 9.19. The lowest BCUT2D eigenvalue weighted by Crippen LogP contribution is -2.32. The maximum Gasteiger partial charge on any atom is 0.253 e. The van der Waals surface area contributed by atoms with Gasteiger partial charge in [0.15, 0.2) is 0 Å². The normalized spacial score (nSPS) is 17.0. The number of ether oxygens (including phenoxy) is 2. The first-order chi connectivity index (χ1) is 18.1. The molecule has 1 atom stereocenters. The Kier molecular flexibility index (Phi) is 6.59. The lowest BCUT2D eigenvalue weighted by Gasteiger charge is -2.27. The highest BCUT2D eigenvalue weighted by Crippen LogP contribution is 2.36. The molecule has 7 heteroatoms. The highest BCUT2D eigenvalue weighted by atomic mass is 35.5. The lowest BCUT2D eigenvalue weighted by atomic mass is 9.91. The van der Waals surface area contributed by atoms with Crippen LogP contribution in [0.15, 0.2) is 72.9 Å². The van der Waals surface area contributed by atoms with Crippen LogP contribution < -0.4 is 10.1 Å². The molecule has 1 aromatic heterocycles. The number of nitrogens with zero attached hydrogens (tertiary/aromatic N) is 1. The highest BCUT2D eigenvalue weighted by Gasteiger charge is 2.26. The van der Waals surface area contributed by atoms with Crippen LogP contribution in [0.4, 0.5) is 0 Å². The van der Waals surface area contributed by atoms with Gasteiger partial charge < -0.3 is 14.8 Å². The largest absolute Gasteiger partial charge is 0.493 e. The van der Waals surface area contributed by atoms with E-state index in [1.54, 1.807) is 12.3 Å². The van der Waals surface area contributed by atoms with Crippen LogP contribution >= 0.6 is 23.2 Å². The second kappa shape index (κ2) is 10.2. The van der Waals surface area contributed by atoms with E-state index in [-0.39, 0.29) is 11.9 Å². The Morgan fingerprint density at radius 2 is 1.81 bits per heavy atom. The molecule has 0 unspecified atom stereocenters. The fourth-order valence-corrected chi connectivity index (χ4v) is 5.62. The number of amides is 1. The molecule has 2 aliphatic heterocycles. The van der Waals surface area contributed by atoms with E-state index in [9.17, 15) is 4.79 Å². The van der Waals surface area contributed by atoms with Gasteiger partial charge in [0.1, 0.15) is 5.75 Å². The molecule has 2 aliphatic rings. The summed E-state index contributed by atoms with van der Waals surface area (Å²) in [5, 5.41) is 5.28. The second-order valence-corrected chi connectivity index (χ2v) is 10.1. The number of halogens is 2. The summed E-state index contributed by atoms with van der Waals surface area (Å²) >= 11 is 12.6. The van der Waals surface area contributed by atoms with Crippen molar-refractivity contribution in [2.24, 2.45) is 0 Å². The number of fused-ring (bicyclic) bond motifs is 2. The molecule has 0 fully saturated rings. The molecule has 0 radical (unpaired) electrons. The lowest BCUT2D eigenvalue weighted by molar-refractivity contribution is 0.0924. The molecule has 5 nitrogen and oxygen atoms in total. The van der Waals surface area contributed by atoms with Gasteiger partial charge in [-0.15, -0.1) is 0 Å². The summed E-state index contributed by atoms with van der Waals surface area (Å²) in [4.78, 5) is 18.5. The van der Waals surface area contributed by atoms with Gasteiger partial charge in [-0.1, -0.05) is 53.5 Å². The van der Waals surface area contributed by atoms with E-state index in [0.29, 0.717) is 48.3 Å². The number of para-hydroxylation sites is 1. The summed E-state index contributed by atoms with van der Waals surface area (Å²) in [5.74, 6) is 0.655. The molecule has 0 saturated heterocycles. The van der Waals surface area contributed by atoms with E-state index in [4.69, 9.17) is 32.7 Å². The van der Waals surface area contributed by atoms with Crippen LogP contribution in [-0.2, 0) is 4.74 Å². The minimum atomic E-state index is -0.158. The van der Waals surface area contributed by atoms with Crippen molar-refractivity contribution in [2.75, 3.05) is 19.8 Å². The number of pyridine rings is 1. The summed E-state index contributed by atoms with van der Waals surface area (Å²) < 4.78 is 11.4. The average molecular weight is 531 g/mol. The fourth-order valence-electron chi connectivity index (χ4n) is 5.09. The topological polar surface area (TPSA) is 60.5 Å². The Morgan fingerprint density at radius 3 is 2.62 bits per heavy atom. The van der Waals surface area contributed by atoms with Crippen molar-refractivity contribution in [3.63, 3.8) is 0 Å². The Balaban J connectivity index is 1.46. The van der Waals surface area contributed by atoms with E-state index in [2.05, 4.69) is 22.4 Å². The Hall–Kier alpha value is -3.38. The smallest absolute Gasteiger partial charge is 0.253 e. The van der Waals surface area contributed by atoms with Gasteiger partial charge >= 0.3 is 0 Å². The summed E-state index contributed by atoms with van der Waals surface area (Å²) in [6, 6.07) is 19.2. The van der Waals surface area contributed by atoms with Crippen LogP contribution in [0.1, 0.15) is 40.4 Å². The zero-order chi connectivity index (χ0) is 25.4. The quantitative estimate of drug-likeness (QED) is 0.301. The number of hydrogen-bond acceptors (Lipinski definition) is 4. The Bertz CT molecular complexity index is 1530. The van der Waals surface area contributed by atoms with Gasteiger partial charge in [-0.05, 0) is 59.5 Å². The van der Waals surface area contributed by atoms with Crippen molar-refractivity contribution >= 4 is 45.6 Å². The molecule has 4 aromatic rings. The zero-order valence-electron chi connectivity index (χ0n) is 20.0. The number of aromatic nitrogens is 1. The van der Waals surface area contributed by atoms with Crippen LogP contribution in [0.5, 0.6) is 5.75 Å². The van der Waals surface area contributed by atoms with Gasteiger partial charge in [0.2, 0.25) is 0 Å². The number of carbonyl (C=O) groups is 1. The Labute approximate surface area is 225 Å². The first kappa shape index (κ1) is 24.0. The van der Waals surface area contributed by atoms with E-state index in [1.165, 1.54) is 0 Å². The van der Waals surface area contributed by atoms with Crippen molar-refractivity contribution in [1.29, 1.82) is 0 Å². The number of benzene rings is 3. The van der Waals surface area contributed by atoms with Gasteiger partial charge in [0.25, 0.3) is 5.91 Å². The molecule has 37 heavy (non-hydrogen) atoms. The van der Waals surface area contributed by atoms with E-state index in [1.807, 2.05) is 48.5 Å². The minimum absolute atomic E-state index is 0.135. The van der Waals surface area contributed by atoms with Crippen molar-refractivity contribution < 1.29 is 14.3 Å². The monoisotopic (exact) mass is 530 g/mol. The molecular weight excluding hydrogens is 507 g/mol. The van der Waals surface area contributed by atoms with E-state index < -0.39 is 0 Å². The number of carbonyl (C=O) groups excluding carboxylic acids is 1. The molecule has 0 bridgehead atoms. The van der Waals surface area contributed by atoms with Crippen LogP contribution in [0.25, 0.3) is 27.6 Å². The molecule has 6 rings (SSSR count). The molecule has 0 aliphatic carbocycles. The molecule has 1 N–H and O–H groups in total. The van der Waals surface area contributed by atoms with Crippen molar-refractivity contribution in [1.82, 2.24) is 10.3 Å². The highest BCUT2D eigenvalue weighted by molar-refractivity contribution is 6.35. The maximum atomic E-state index is 13.8. The van der Waals surface area contributed by atoms with Crippen molar-refractivity contribution in [3.05, 3.63) is 99.7 Å². The summed E-state index contributed by atoms with van der Waals surface area (Å²) in [7, 11) is 0. The third-order valence-corrected chi connectivity index (χ3v) is 7.29. The molecule has 3 aromatic carbocycles. The van der Waals surface area contributed by atoms with Crippen LogP contribution in [-0.4, -0.2) is 30.7 Å². The van der Waals surface area contributed by atoms with Gasteiger partial charge in [0.05, 0.1) is 36.9 Å².